The van der Waals surface area contributed by atoms with Crippen LogP contribution < -0.4 is 15.5 Å². The second kappa shape index (κ2) is 10.0. The summed E-state index contributed by atoms with van der Waals surface area (Å²) in [7, 11) is 0. The van der Waals surface area contributed by atoms with Gasteiger partial charge in [0.15, 0.2) is 5.82 Å². The van der Waals surface area contributed by atoms with Gasteiger partial charge in [0.25, 0.3) is 0 Å². The molecule has 1 atom stereocenters. The fourth-order valence-electron chi connectivity index (χ4n) is 3.13. The summed E-state index contributed by atoms with van der Waals surface area (Å²) < 4.78 is 4.93. The lowest BCUT2D eigenvalue weighted by Gasteiger charge is -2.30. The van der Waals surface area contributed by atoms with Gasteiger partial charge >= 0.3 is 0 Å². The van der Waals surface area contributed by atoms with Crippen LogP contribution >= 0.6 is 23.4 Å². The molecule has 29 heavy (non-hydrogen) atoms. The lowest BCUT2D eigenvalue weighted by molar-refractivity contribution is -0.115. The van der Waals surface area contributed by atoms with Crippen LogP contribution in [-0.2, 0) is 9.59 Å². The molecule has 0 bridgehead atoms. The molecule has 0 radical (unpaired) electrons. The van der Waals surface area contributed by atoms with Gasteiger partial charge < -0.3 is 20.1 Å². The molecule has 0 saturated carbocycles. The van der Waals surface area contributed by atoms with Crippen LogP contribution in [0.4, 0.5) is 17.2 Å². The largest absolute Gasteiger partial charge is 0.370 e. The van der Waals surface area contributed by atoms with Crippen LogP contribution in [0.25, 0.3) is 0 Å². The Morgan fingerprint density at radius 2 is 2.00 bits per heavy atom. The maximum atomic E-state index is 12.5. The van der Waals surface area contributed by atoms with Gasteiger partial charge in [-0.05, 0) is 51.3 Å². The Labute approximate surface area is 179 Å². The SMILES string of the molecule is Cc1cc(NC(=O)C(C)SCC(=O)Nc2cc(Cl)ccc2N2CCCCC2)no1. The van der Waals surface area contributed by atoms with Crippen molar-refractivity contribution in [2.24, 2.45) is 0 Å². The molecule has 2 amide bonds. The second-order valence-electron chi connectivity index (χ2n) is 7.02. The van der Waals surface area contributed by atoms with Crippen LogP contribution in [-0.4, -0.2) is 41.1 Å². The average Bonchev–Trinajstić information content (AvgIpc) is 3.11. The summed E-state index contributed by atoms with van der Waals surface area (Å²) in [5, 5.41) is 9.52. The molecule has 9 heteroatoms. The van der Waals surface area contributed by atoms with Gasteiger partial charge in [-0.1, -0.05) is 16.8 Å². The van der Waals surface area contributed by atoms with E-state index in [1.54, 1.807) is 26.0 Å². The zero-order valence-electron chi connectivity index (χ0n) is 16.5. The van der Waals surface area contributed by atoms with E-state index in [0.717, 1.165) is 31.6 Å². The van der Waals surface area contributed by atoms with E-state index in [0.29, 0.717) is 22.3 Å². The fraction of sp³-hybridized carbons (Fsp3) is 0.450. The number of piperidine rings is 1. The molecule has 3 rings (SSSR count). The molecule has 156 valence electrons. The predicted molar refractivity (Wildman–Crippen MR) is 118 cm³/mol. The first-order chi connectivity index (χ1) is 13.9. The molecule has 1 fully saturated rings. The van der Waals surface area contributed by atoms with E-state index >= 15 is 0 Å². The number of benzene rings is 1. The normalized spacial score (nSPS) is 15.1. The Morgan fingerprint density at radius 1 is 1.24 bits per heavy atom. The molecule has 2 N–H and O–H groups in total. The molecule has 1 aromatic carbocycles. The van der Waals surface area contributed by atoms with E-state index in [9.17, 15) is 9.59 Å². The molecular weight excluding hydrogens is 412 g/mol. The van der Waals surface area contributed by atoms with Crippen LogP contribution in [0, 0.1) is 6.92 Å². The molecule has 1 aromatic heterocycles. The Kier molecular flexibility index (Phi) is 7.44. The monoisotopic (exact) mass is 436 g/mol. The minimum atomic E-state index is -0.418. The van der Waals surface area contributed by atoms with Crippen LogP contribution in [0.1, 0.15) is 31.9 Å². The molecule has 0 aliphatic carbocycles. The van der Waals surface area contributed by atoms with Gasteiger partial charge in [-0.25, -0.2) is 0 Å². The van der Waals surface area contributed by atoms with Crippen molar-refractivity contribution in [2.75, 3.05) is 34.4 Å². The topological polar surface area (TPSA) is 87.5 Å². The van der Waals surface area contributed by atoms with Crippen LogP contribution in [0.2, 0.25) is 5.02 Å². The van der Waals surface area contributed by atoms with Gasteiger partial charge in [0.2, 0.25) is 11.8 Å². The number of nitrogens with zero attached hydrogens (tertiary/aromatic N) is 2. The summed E-state index contributed by atoms with van der Waals surface area (Å²) in [5.41, 5.74) is 1.69. The van der Waals surface area contributed by atoms with Gasteiger partial charge in [0, 0.05) is 24.2 Å². The van der Waals surface area contributed by atoms with Crippen LogP contribution in [0.15, 0.2) is 28.8 Å². The van der Waals surface area contributed by atoms with E-state index in [2.05, 4.69) is 20.7 Å². The molecule has 1 aliphatic rings. The highest BCUT2D eigenvalue weighted by Crippen LogP contribution is 2.31. The van der Waals surface area contributed by atoms with E-state index in [1.165, 1.54) is 18.2 Å². The highest BCUT2D eigenvalue weighted by atomic mass is 35.5. The first-order valence-corrected chi connectivity index (χ1v) is 11.0. The summed E-state index contributed by atoms with van der Waals surface area (Å²) in [4.78, 5) is 27.0. The van der Waals surface area contributed by atoms with E-state index in [-0.39, 0.29) is 17.6 Å². The van der Waals surface area contributed by atoms with E-state index < -0.39 is 5.25 Å². The molecule has 0 spiro atoms. The van der Waals surface area contributed by atoms with Gasteiger partial charge in [-0.15, -0.1) is 11.8 Å². The molecule has 1 aliphatic heterocycles. The number of amides is 2. The van der Waals surface area contributed by atoms with Gasteiger partial charge in [-0.2, -0.15) is 0 Å². The third-order valence-electron chi connectivity index (χ3n) is 4.64. The van der Waals surface area contributed by atoms with E-state index in [1.807, 2.05) is 12.1 Å². The standard InChI is InChI=1S/C20H25ClN4O3S/c1-13-10-18(24-28-13)23-20(27)14(2)29-12-19(26)22-16-11-15(21)6-7-17(16)25-8-4-3-5-9-25/h6-7,10-11,14H,3-5,8-9,12H2,1-2H3,(H,22,26)(H,23,24,27). The van der Waals surface area contributed by atoms with Crippen molar-refractivity contribution in [3.8, 4) is 0 Å². The first kappa shape index (κ1) is 21.5. The zero-order chi connectivity index (χ0) is 20.8. The smallest absolute Gasteiger partial charge is 0.238 e. The van der Waals surface area contributed by atoms with Crippen molar-refractivity contribution in [3.05, 3.63) is 35.0 Å². The minimum Gasteiger partial charge on any atom is -0.370 e. The predicted octanol–water partition coefficient (Wildman–Crippen LogP) is 4.33. The summed E-state index contributed by atoms with van der Waals surface area (Å²) >= 11 is 7.40. The Balaban J connectivity index is 1.55. The highest BCUT2D eigenvalue weighted by Gasteiger charge is 2.19. The van der Waals surface area contributed by atoms with Gasteiger partial charge in [0.05, 0.1) is 22.4 Å². The van der Waals surface area contributed by atoms with Crippen molar-refractivity contribution in [3.63, 3.8) is 0 Å². The number of aryl methyl sites for hydroxylation is 1. The van der Waals surface area contributed by atoms with Crippen molar-refractivity contribution >= 4 is 52.4 Å². The van der Waals surface area contributed by atoms with Gasteiger partial charge in [-0.3, -0.25) is 9.59 Å². The molecule has 1 unspecified atom stereocenters. The van der Waals surface area contributed by atoms with Crippen LogP contribution in [0.3, 0.4) is 0 Å². The fourth-order valence-corrected chi connectivity index (χ4v) is 3.99. The summed E-state index contributed by atoms with van der Waals surface area (Å²) in [6.45, 7) is 5.44. The summed E-state index contributed by atoms with van der Waals surface area (Å²) in [6, 6.07) is 7.21. The average molecular weight is 437 g/mol. The number of rotatable bonds is 7. The number of aromatic nitrogens is 1. The number of thioether (sulfide) groups is 1. The van der Waals surface area contributed by atoms with Crippen molar-refractivity contribution in [2.45, 2.75) is 38.4 Å². The number of anilines is 3. The number of carbonyl (C=O) groups is 2. The molecule has 7 nitrogen and oxygen atoms in total. The lowest BCUT2D eigenvalue weighted by atomic mass is 10.1. The van der Waals surface area contributed by atoms with E-state index in [4.69, 9.17) is 16.1 Å². The quantitative estimate of drug-likeness (QED) is 0.671. The molecule has 1 saturated heterocycles. The third-order valence-corrected chi connectivity index (χ3v) is 6.02. The molecule has 2 heterocycles. The van der Waals surface area contributed by atoms with Crippen molar-refractivity contribution in [1.29, 1.82) is 0 Å². The summed E-state index contributed by atoms with van der Waals surface area (Å²) in [5.74, 6) is 0.735. The second-order valence-corrected chi connectivity index (χ2v) is 8.79. The summed E-state index contributed by atoms with van der Waals surface area (Å²) in [6.07, 6.45) is 3.52. The number of carbonyl (C=O) groups excluding carboxylic acids is 2. The zero-order valence-corrected chi connectivity index (χ0v) is 18.1. The Morgan fingerprint density at radius 3 is 2.69 bits per heavy atom. The third kappa shape index (κ3) is 6.14. The van der Waals surface area contributed by atoms with Gasteiger partial charge in [0.1, 0.15) is 5.76 Å². The lowest BCUT2D eigenvalue weighted by Crippen LogP contribution is -2.30. The number of hydrogen-bond acceptors (Lipinski definition) is 6. The number of nitrogens with one attached hydrogen (secondary N) is 2. The highest BCUT2D eigenvalue weighted by molar-refractivity contribution is 8.01. The maximum Gasteiger partial charge on any atom is 0.238 e. The molecule has 2 aromatic rings. The van der Waals surface area contributed by atoms with Crippen molar-refractivity contribution in [1.82, 2.24) is 5.16 Å². The van der Waals surface area contributed by atoms with Crippen molar-refractivity contribution < 1.29 is 14.1 Å². The van der Waals surface area contributed by atoms with Crippen LogP contribution in [0.5, 0.6) is 0 Å². The Bertz CT molecular complexity index is 867. The number of halogens is 1. The molecular formula is C20H25ClN4O3S. The maximum absolute atomic E-state index is 12.5. The number of hydrogen-bond donors (Lipinski definition) is 2. The minimum absolute atomic E-state index is 0.151. The first-order valence-electron chi connectivity index (χ1n) is 9.62. The Hall–Kier alpha value is -2.19.